The van der Waals surface area contributed by atoms with Crippen LogP contribution < -0.4 is 5.32 Å². The number of pyridine rings is 1. The van der Waals surface area contributed by atoms with Gasteiger partial charge in [0.2, 0.25) is 0 Å². The Bertz CT molecular complexity index is 1050. The van der Waals surface area contributed by atoms with Gasteiger partial charge in [0.25, 0.3) is 5.91 Å². The lowest BCUT2D eigenvalue weighted by atomic mass is 9.99. The summed E-state index contributed by atoms with van der Waals surface area (Å²) in [6.07, 6.45) is 3.43. The molecule has 1 N–H and O–H groups in total. The van der Waals surface area contributed by atoms with Gasteiger partial charge in [-0.25, -0.2) is 0 Å². The predicted octanol–water partition coefficient (Wildman–Crippen LogP) is 5.31. The van der Waals surface area contributed by atoms with Crippen molar-refractivity contribution in [1.29, 1.82) is 0 Å². The van der Waals surface area contributed by atoms with Crippen molar-refractivity contribution in [2.24, 2.45) is 0 Å². The van der Waals surface area contributed by atoms with Crippen LogP contribution in [-0.2, 0) is 0 Å². The van der Waals surface area contributed by atoms with Crippen molar-refractivity contribution in [2.75, 3.05) is 0 Å². The topological polar surface area (TPSA) is 55.1 Å². The van der Waals surface area contributed by atoms with Crippen LogP contribution >= 0.6 is 11.6 Å². The van der Waals surface area contributed by atoms with Gasteiger partial charge >= 0.3 is 0 Å². The average molecular weight is 377 g/mol. The van der Waals surface area contributed by atoms with Crippen LogP contribution in [0, 0.1) is 6.92 Å². The van der Waals surface area contributed by atoms with Gasteiger partial charge in [0.15, 0.2) is 5.76 Å². The molecule has 4 aromatic rings. The van der Waals surface area contributed by atoms with E-state index < -0.39 is 0 Å². The number of rotatable bonds is 4. The number of benzene rings is 2. The number of hydrogen-bond donors (Lipinski definition) is 1. The number of amides is 1. The Morgan fingerprint density at radius 2 is 1.74 bits per heavy atom. The van der Waals surface area contributed by atoms with Crippen LogP contribution in [0.1, 0.15) is 33.3 Å². The molecular weight excluding hydrogens is 360 g/mol. The molecular formula is C22H17ClN2O2. The van der Waals surface area contributed by atoms with Crippen molar-refractivity contribution < 1.29 is 9.21 Å². The third-order valence-corrected chi connectivity index (χ3v) is 4.79. The van der Waals surface area contributed by atoms with Crippen LogP contribution in [0.5, 0.6) is 0 Å². The maximum Gasteiger partial charge on any atom is 0.288 e. The molecule has 5 heteroatoms. The minimum absolute atomic E-state index is 0.273. The number of nitrogens with one attached hydrogen (secondary N) is 1. The van der Waals surface area contributed by atoms with Gasteiger partial charge in [-0.1, -0.05) is 41.9 Å². The monoisotopic (exact) mass is 376 g/mol. The summed E-state index contributed by atoms with van der Waals surface area (Å²) in [4.78, 5) is 17.1. The zero-order chi connectivity index (χ0) is 18.8. The average Bonchev–Trinajstić information content (AvgIpc) is 3.03. The molecule has 1 amide bonds. The second-order valence-corrected chi connectivity index (χ2v) is 6.73. The first-order valence-electron chi connectivity index (χ1n) is 8.58. The molecule has 2 aromatic carbocycles. The Morgan fingerprint density at radius 1 is 1.04 bits per heavy atom. The van der Waals surface area contributed by atoms with Crippen LogP contribution in [-0.4, -0.2) is 10.9 Å². The van der Waals surface area contributed by atoms with Gasteiger partial charge < -0.3 is 9.73 Å². The minimum Gasteiger partial charge on any atom is -0.451 e. The lowest BCUT2D eigenvalue weighted by Crippen LogP contribution is -2.29. The highest BCUT2D eigenvalue weighted by Crippen LogP contribution is 2.29. The fourth-order valence-corrected chi connectivity index (χ4v) is 3.34. The normalized spacial score (nSPS) is 12.1. The van der Waals surface area contributed by atoms with E-state index in [1.165, 1.54) is 0 Å². The molecule has 0 aliphatic heterocycles. The smallest absolute Gasteiger partial charge is 0.288 e. The van der Waals surface area contributed by atoms with E-state index >= 15 is 0 Å². The molecule has 0 fully saturated rings. The molecule has 0 saturated heterocycles. The fourth-order valence-electron chi connectivity index (χ4n) is 3.17. The van der Waals surface area contributed by atoms with Crippen LogP contribution in [0.15, 0.2) is 77.5 Å². The zero-order valence-electron chi connectivity index (χ0n) is 14.6. The van der Waals surface area contributed by atoms with Gasteiger partial charge in [-0.05, 0) is 48.4 Å². The molecule has 1 unspecified atom stereocenters. The van der Waals surface area contributed by atoms with E-state index in [1.54, 1.807) is 24.5 Å². The quantitative estimate of drug-likeness (QED) is 0.525. The summed E-state index contributed by atoms with van der Waals surface area (Å²) in [6.45, 7) is 1.86. The van der Waals surface area contributed by atoms with Gasteiger partial charge in [0.05, 0.1) is 6.04 Å². The first-order valence-corrected chi connectivity index (χ1v) is 8.95. The molecule has 2 heterocycles. The van der Waals surface area contributed by atoms with Crippen molar-refractivity contribution in [3.05, 3.63) is 101 Å². The van der Waals surface area contributed by atoms with Crippen molar-refractivity contribution >= 4 is 28.5 Å². The SMILES string of the molecule is Cc1c(C(=O)NC(c2ccccc2)c2ccncc2)oc2ccc(Cl)cc12. The summed E-state index contributed by atoms with van der Waals surface area (Å²) >= 11 is 6.08. The largest absolute Gasteiger partial charge is 0.451 e. The number of aromatic nitrogens is 1. The van der Waals surface area contributed by atoms with Gasteiger partial charge in [0.1, 0.15) is 5.58 Å². The van der Waals surface area contributed by atoms with Crippen molar-refractivity contribution in [3.63, 3.8) is 0 Å². The summed E-state index contributed by atoms with van der Waals surface area (Å²) in [5.41, 5.74) is 3.34. The highest BCUT2D eigenvalue weighted by Gasteiger charge is 2.22. The first-order chi connectivity index (χ1) is 13.1. The maximum atomic E-state index is 13.0. The zero-order valence-corrected chi connectivity index (χ0v) is 15.4. The number of halogens is 1. The van der Waals surface area contributed by atoms with E-state index in [9.17, 15) is 4.79 Å². The predicted molar refractivity (Wildman–Crippen MR) is 106 cm³/mol. The van der Waals surface area contributed by atoms with E-state index in [2.05, 4.69) is 10.3 Å². The Kier molecular flexibility index (Phi) is 4.65. The van der Waals surface area contributed by atoms with Crippen molar-refractivity contribution in [2.45, 2.75) is 13.0 Å². The Labute approximate surface area is 161 Å². The fraction of sp³-hybridized carbons (Fsp3) is 0.0909. The molecule has 1 atom stereocenters. The summed E-state index contributed by atoms with van der Waals surface area (Å²) in [5, 5.41) is 4.54. The molecule has 0 aliphatic rings. The molecule has 0 saturated carbocycles. The molecule has 134 valence electrons. The van der Waals surface area contributed by atoms with E-state index in [0.717, 1.165) is 22.1 Å². The standard InChI is InChI=1S/C22H17ClN2O2/c1-14-18-13-17(23)7-8-19(18)27-21(14)22(26)25-20(15-5-3-2-4-6-15)16-9-11-24-12-10-16/h2-13,20H,1H3,(H,25,26). The maximum absolute atomic E-state index is 13.0. The third-order valence-electron chi connectivity index (χ3n) is 4.55. The second-order valence-electron chi connectivity index (χ2n) is 6.29. The van der Waals surface area contributed by atoms with E-state index in [-0.39, 0.29) is 11.9 Å². The molecule has 0 aliphatic carbocycles. The van der Waals surface area contributed by atoms with Gasteiger partial charge in [-0.15, -0.1) is 0 Å². The molecule has 27 heavy (non-hydrogen) atoms. The number of carbonyl (C=O) groups excluding carboxylic acids is 1. The van der Waals surface area contributed by atoms with E-state index in [4.69, 9.17) is 16.0 Å². The van der Waals surface area contributed by atoms with Gasteiger partial charge in [-0.2, -0.15) is 0 Å². The molecule has 2 aromatic heterocycles. The lowest BCUT2D eigenvalue weighted by Gasteiger charge is -2.19. The number of furan rings is 1. The highest BCUT2D eigenvalue weighted by molar-refractivity contribution is 6.31. The third kappa shape index (κ3) is 3.44. The second kappa shape index (κ2) is 7.25. The summed E-state index contributed by atoms with van der Waals surface area (Å²) < 4.78 is 5.81. The highest BCUT2D eigenvalue weighted by atomic mass is 35.5. The van der Waals surface area contributed by atoms with Crippen molar-refractivity contribution in [1.82, 2.24) is 10.3 Å². The Balaban J connectivity index is 1.71. The molecule has 4 rings (SSSR count). The van der Waals surface area contributed by atoms with Crippen LogP contribution in [0.4, 0.5) is 0 Å². The molecule has 0 spiro atoms. The summed E-state index contributed by atoms with van der Waals surface area (Å²) in [5.74, 6) is 0.0211. The van der Waals surface area contributed by atoms with Crippen molar-refractivity contribution in [3.8, 4) is 0 Å². The van der Waals surface area contributed by atoms with Gasteiger partial charge in [0, 0.05) is 28.4 Å². The Morgan fingerprint density at radius 3 is 2.48 bits per heavy atom. The van der Waals surface area contributed by atoms with Crippen LogP contribution in [0.2, 0.25) is 5.02 Å². The van der Waals surface area contributed by atoms with Crippen LogP contribution in [0.25, 0.3) is 11.0 Å². The number of carbonyl (C=O) groups is 1. The number of hydrogen-bond acceptors (Lipinski definition) is 3. The molecule has 4 nitrogen and oxygen atoms in total. The Hall–Kier alpha value is -3.11. The van der Waals surface area contributed by atoms with Gasteiger partial charge in [-0.3, -0.25) is 9.78 Å². The summed E-state index contributed by atoms with van der Waals surface area (Å²) in [6, 6.07) is 18.6. The number of aryl methyl sites for hydroxylation is 1. The molecule has 0 bridgehead atoms. The minimum atomic E-state index is -0.307. The first kappa shape index (κ1) is 17.3. The van der Waals surface area contributed by atoms with E-state index in [1.807, 2.05) is 55.5 Å². The summed E-state index contributed by atoms with van der Waals surface area (Å²) in [7, 11) is 0. The number of fused-ring (bicyclic) bond motifs is 1. The number of nitrogens with zero attached hydrogens (tertiary/aromatic N) is 1. The molecule has 0 radical (unpaired) electrons. The lowest BCUT2D eigenvalue weighted by molar-refractivity contribution is 0.0916. The van der Waals surface area contributed by atoms with E-state index in [0.29, 0.717) is 16.4 Å². The van der Waals surface area contributed by atoms with Crippen LogP contribution in [0.3, 0.4) is 0 Å².